The number of carboxylic acids is 1. The van der Waals surface area contributed by atoms with Crippen LogP contribution in [0.15, 0.2) is 0 Å². The first-order valence-electron chi connectivity index (χ1n) is 4.86. The van der Waals surface area contributed by atoms with Crippen molar-refractivity contribution in [2.24, 2.45) is 5.73 Å². The topological polar surface area (TPSA) is 113 Å². The van der Waals surface area contributed by atoms with Crippen molar-refractivity contribution in [1.82, 2.24) is 5.32 Å². The van der Waals surface area contributed by atoms with Crippen LogP contribution in [-0.2, 0) is 9.59 Å². The second-order valence-corrected chi connectivity index (χ2v) is 3.51. The molecule has 0 bridgehead atoms. The summed E-state index contributed by atoms with van der Waals surface area (Å²) in [5, 5.41) is 19.7. The molecule has 0 spiro atoms. The van der Waals surface area contributed by atoms with Crippen LogP contribution in [0.5, 0.6) is 0 Å². The average molecular weight is 218 g/mol. The molecule has 0 fully saturated rings. The number of nitrogens with one attached hydrogen (secondary N) is 1. The summed E-state index contributed by atoms with van der Waals surface area (Å²) < 4.78 is 0. The fraction of sp³-hybridized carbons (Fsp3) is 0.778. The van der Waals surface area contributed by atoms with E-state index < -0.39 is 12.1 Å². The van der Waals surface area contributed by atoms with Crippen LogP contribution in [0.3, 0.4) is 0 Å². The highest BCUT2D eigenvalue weighted by Crippen LogP contribution is 1.94. The van der Waals surface area contributed by atoms with Gasteiger partial charge < -0.3 is 21.3 Å². The lowest BCUT2D eigenvalue weighted by molar-refractivity contribution is -0.147. The molecular weight excluding hydrogens is 200 g/mol. The van der Waals surface area contributed by atoms with Crippen LogP contribution in [0.25, 0.3) is 0 Å². The van der Waals surface area contributed by atoms with E-state index in [1.165, 1.54) is 0 Å². The Morgan fingerprint density at radius 3 is 2.47 bits per heavy atom. The van der Waals surface area contributed by atoms with Crippen molar-refractivity contribution in [3.8, 4) is 0 Å². The summed E-state index contributed by atoms with van der Waals surface area (Å²) in [5.74, 6) is -1.45. The summed E-state index contributed by atoms with van der Waals surface area (Å²) in [7, 11) is 0. The first-order valence-corrected chi connectivity index (χ1v) is 4.86. The first kappa shape index (κ1) is 13.9. The minimum atomic E-state index is -1.42. The molecule has 0 aromatic rings. The zero-order valence-electron chi connectivity index (χ0n) is 8.77. The second-order valence-electron chi connectivity index (χ2n) is 3.51. The van der Waals surface area contributed by atoms with Crippen LogP contribution in [-0.4, -0.2) is 40.8 Å². The largest absolute Gasteiger partial charge is 0.479 e. The number of amides is 1. The fourth-order valence-corrected chi connectivity index (χ4v) is 0.919. The lowest BCUT2D eigenvalue weighted by Crippen LogP contribution is -2.30. The molecule has 88 valence electrons. The van der Waals surface area contributed by atoms with Gasteiger partial charge in [0.1, 0.15) is 0 Å². The third-order valence-corrected chi connectivity index (χ3v) is 1.85. The molecule has 1 amide bonds. The monoisotopic (exact) mass is 218 g/mol. The van der Waals surface area contributed by atoms with Crippen molar-refractivity contribution in [3.05, 3.63) is 0 Å². The van der Waals surface area contributed by atoms with Crippen LogP contribution in [0.4, 0.5) is 0 Å². The van der Waals surface area contributed by atoms with Gasteiger partial charge in [0.25, 0.3) is 0 Å². The minimum Gasteiger partial charge on any atom is -0.479 e. The molecule has 15 heavy (non-hydrogen) atoms. The van der Waals surface area contributed by atoms with Crippen LogP contribution in [0.1, 0.15) is 26.2 Å². The Balaban J connectivity index is 3.51. The van der Waals surface area contributed by atoms with Crippen molar-refractivity contribution < 1.29 is 19.8 Å². The molecule has 0 saturated heterocycles. The number of aliphatic hydroxyl groups is 1. The van der Waals surface area contributed by atoms with E-state index in [0.717, 1.165) is 0 Å². The van der Waals surface area contributed by atoms with Gasteiger partial charge in [-0.15, -0.1) is 0 Å². The van der Waals surface area contributed by atoms with Crippen LogP contribution < -0.4 is 11.1 Å². The van der Waals surface area contributed by atoms with Crippen molar-refractivity contribution in [2.75, 3.05) is 6.54 Å². The molecule has 0 aromatic carbocycles. The van der Waals surface area contributed by atoms with Gasteiger partial charge in [-0.3, -0.25) is 4.79 Å². The first-order chi connectivity index (χ1) is 6.93. The molecule has 0 heterocycles. The molecular formula is C9H18N2O4. The highest BCUT2D eigenvalue weighted by atomic mass is 16.4. The van der Waals surface area contributed by atoms with Gasteiger partial charge >= 0.3 is 5.97 Å². The maximum Gasteiger partial charge on any atom is 0.332 e. The molecule has 0 aliphatic rings. The average Bonchev–Trinajstić information content (AvgIpc) is 2.14. The molecule has 0 aromatic heterocycles. The number of carbonyl (C=O) groups is 2. The molecule has 0 saturated carbocycles. The van der Waals surface area contributed by atoms with Gasteiger partial charge in [0, 0.05) is 25.4 Å². The molecule has 0 radical (unpaired) electrons. The number of hydrogen-bond acceptors (Lipinski definition) is 4. The Morgan fingerprint density at radius 1 is 1.40 bits per heavy atom. The SMILES string of the molecule is CC(N)CCC(=O)NCCC(O)C(=O)O. The van der Waals surface area contributed by atoms with E-state index in [4.69, 9.17) is 15.9 Å². The Morgan fingerprint density at radius 2 is 2.00 bits per heavy atom. The van der Waals surface area contributed by atoms with Crippen molar-refractivity contribution in [2.45, 2.75) is 38.3 Å². The summed E-state index contributed by atoms with van der Waals surface area (Å²) in [5.41, 5.74) is 5.46. The molecule has 6 heteroatoms. The van der Waals surface area contributed by atoms with Crippen molar-refractivity contribution in [3.63, 3.8) is 0 Å². The molecule has 5 N–H and O–H groups in total. The predicted molar refractivity (Wildman–Crippen MR) is 54.2 cm³/mol. The smallest absolute Gasteiger partial charge is 0.332 e. The fourth-order valence-electron chi connectivity index (χ4n) is 0.919. The van der Waals surface area contributed by atoms with Gasteiger partial charge in [-0.05, 0) is 13.3 Å². The number of aliphatic carboxylic acids is 1. The zero-order chi connectivity index (χ0) is 11.8. The summed E-state index contributed by atoms with van der Waals surface area (Å²) in [6.45, 7) is 1.96. The van der Waals surface area contributed by atoms with Gasteiger partial charge in [-0.25, -0.2) is 4.79 Å². The summed E-state index contributed by atoms with van der Waals surface area (Å²) in [6.07, 6.45) is -0.494. The quantitative estimate of drug-likeness (QED) is 0.441. The molecule has 0 aliphatic carbocycles. The van der Waals surface area contributed by atoms with Gasteiger partial charge in [0.2, 0.25) is 5.91 Å². The minimum absolute atomic E-state index is 0.0131. The Labute approximate surface area is 88.5 Å². The van der Waals surface area contributed by atoms with Gasteiger partial charge in [-0.2, -0.15) is 0 Å². The maximum atomic E-state index is 11.1. The normalized spacial score (nSPS) is 14.3. The Kier molecular flexibility index (Phi) is 6.64. The third-order valence-electron chi connectivity index (χ3n) is 1.85. The van der Waals surface area contributed by atoms with Crippen LogP contribution in [0.2, 0.25) is 0 Å². The number of carboxylic acid groups (broad SMARTS) is 1. The third kappa shape index (κ3) is 7.90. The van der Waals surface area contributed by atoms with E-state index >= 15 is 0 Å². The Hall–Kier alpha value is -1.14. The maximum absolute atomic E-state index is 11.1. The van der Waals surface area contributed by atoms with Gasteiger partial charge in [0.15, 0.2) is 6.10 Å². The molecule has 0 aliphatic heterocycles. The number of hydrogen-bond donors (Lipinski definition) is 4. The van der Waals surface area contributed by atoms with Gasteiger partial charge in [-0.1, -0.05) is 0 Å². The summed E-state index contributed by atoms with van der Waals surface area (Å²) in [4.78, 5) is 21.3. The second kappa shape index (κ2) is 7.19. The van der Waals surface area contributed by atoms with Crippen LogP contribution >= 0.6 is 0 Å². The Bertz CT molecular complexity index is 218. The number of carbonyl (C=O) groups excluding carboxylic acids is 1. The van der Waals surface area contributed by atoms with E-state index in [2.05, 4.69) is 5.32 Å². The summed E-state index contributed by atoms with van der Waals surface area (Å²) >= 11 is 0. The summed E-state index contributed by atoms with van der Waals surface area (Å²) in [6, 6.07) is -0.0274. The predicted octanol–water partition coefficient (Wildman–Crippen LogP) is -0.934. The number of rotatable bonds is 7. The van der Waals surface area contributed by atoms with E-state index in [0.29, 0.717) is 12.8 Å². The van der Waals surface area contributed by atoms with Crippen molar-refractivity contribution in [1.29, 1.82) is 0 Å². The van der Waals surface area contributed by atoms with E-state index in [1.54, 1.807) is 0 Å². The zero-order valence-corrected chi connectivity index (χ0v) is 8.77. The van der Waals surface area contributed by atoms with Crippen molar-refractivity contribution >= 4 is 11.9 Å². The van der Waals surface area contributed by atoms with Crippen LogP contribution in [0, 0.1) is 0 Å². The molecule has 0 rings (SSSR count). The molecule has 6 nitrogen and oxygen atoms in total. The lowest BCUT2D eigenvalue weighted by Gasteiger charge is -2.08. The highest BCUT2D eigenvalue weighted by Gasteiger charge is 2.12. The van der Waals surface area contributed by atoms with E-state index in [-0.39, 0.29) is 24.9 Å². The number of aliphatic hydroxyl groups excluding tert-OH is 1. The molecule has 2 atom stereocenters. The van der Waals surface area contributed by atoms with E-state index in [9.17, 15) is 9.59 Å². The molecule has 2 unspecified atom stereocenters. The number of nitrogens with two attached hydrogens (primary N) is 1. The lowest BCUT2D eigenvalue weighted by atomic mass is 10.2. The standard InChI is InChI=1S/C9H18N2O4/c1-6(10)2-3-8(13)11-5-4-7(12)9(14)15/h6-7,12H,2-5,10H2,1H3,(H,11,13)(H,14,15). The van der Waals surface area contributed by atoms with Gasteiger partial charge in [0.05, 0.1) is 0 Å². The van der Waals surface area contributed by atoms with E-state index in [1.807, 2.05) is 6.92 Å². The highest BCUT2D eigenvalue weighted by molar-refractivity contribution is 5.76.